The lowest BCUT2D eigenvalue weighted by atomic mass is 10.1. The minimum absolute atomic E-state index is 0.0150. The molecule has 29 heavy (non-hydrogen) atoms. The van der Waals surface area contributed by atoms with E-state index in [0.29, 0.717) is 26.2 Å². The number of benzene rings is 1. The van der Waals surface area contributed by atoms with Crippen LogP contribution in [-0.2, 0) is 9.59 Å². The van der Waals surface area contributed by atoms with Gasteiger partial charge in [0.15, 0.2) is 0 Å². The van der Waals surface area contributed by atoms with Gasteiger partial charge in [0.05, 0.1) is 19.1 Å². The number of carbonyl (C=O) groups excluding carboxylic acids is 2. The first-order chi connectivity index (χ1) is 14.0. The molecule has 7 heteroatoms. The molecule has 0 radical (unpaired) electrons. The van der Waals surface area contributed by atoms with E-state index < -0.39 is 0 Å². The zero-order valence-electron chi connectivity index (χ0n) is 17.1. The Labute approximate surface area is 176 Å². The molecule has 2 heterocycles. The Hall–Kier alpha value is -2.22. The third-order valence-electron chi connectivity index (χ3n) is 4.96. The highest BCUT2D eigenvalue weighted by molar-refractivity contribution is 7.10. The number of piperazine rings is 1. The molecule has 2 amide bonds. The van der Waals surface area contributed by atoms with Crippen LogP contribution >= 0.6 is 11.3 Å². The van der Waals surface area contributed by atoms with Gasteiger partial charge in [0.2, 0.25) is 11.8 Å². The number of amides is 2. The number of nitrogens with zero attached hydrogens (tertiary/aromatic N) is 2. The van der Waals surface area contributed by atoms with E-state index in [1.165, 1.54) is 4.88 Å². The second kappa shape index (κ2) is 10.5. The highest BCUT2D eigenvalue weighted by atomic mass is 32.1. The Balaban J connectivity index is 1.49. The van der Waals surface area contributed by atoms with Crippen molar-refractivity contribution in [1.29, 1.82) is 0 Å². The normalized spacial score (nSPS) is 16.0. The molecule has 1 fully saturated rings. The van der Waals surface area contributed by atoms with Gasteiger partial charge in [-0.05, 0) is 30.9 Å². The molecular weight excluding hydrogens is 384 g/mol. The van der Waals surface area contributed by atoms with Crippen LogP contribution in [0.25, 0.3) is 0 Å². The van der Waals surface area contributed by atoms with Gasteiger partial charge in [0.25, 0.3) is 0 Å². The Kier molecular flexibility index (Phi) is 7.80. The van der Waals surface area contributed by atoms with Gasteiger partial charge in [0.1, 0.15) is 0 Å². The summed E-state index contributed by atoms with van der Waals surface area (Å²) in [5.41, 5.74) is 1.16. The van der Waals surface area contributed by atoms with Gasteiger partial charge in [-0.15, -0.1) is 11.3 Å². The predicted molar refractivity (Wildman–Crippen MR) is 117 cm³/mol. The molecule has 1 aromatic heterocycles. The fourth-order valence-corrected chi connectivity index (χ4v) is 4.34. The van der Waals surface area contributed by atoms with Crippen LogP contribution in [0.3, 0.4) is 0 Å². The highest BCUT2D eigenvalue weighted by Gasteiger charge is 2.23. The molecule has 2 N–H and O–H groups in total. The first-order valence-electron chi connectivity index (χ1n) is 10.1. The van der Waals surface area contributed by atoms with Gasteiger partial charge >= 0.3 is 0 Å². The highest BCUT2D eigenvalue weighted by Crippen LogP contribution is 2.25. The maximum Gasteiger partial charge on any atom is 0.236 e. The molecule has 1 saturated heterocycles. The number of hydrogen-bond acceptors (Lipinski definition) is 5. The van der Waals surface area contributed by atoms with Crippen LogP contribution in [0.2, 0.25) is 0 Å². The van der Waals surface area contributed by atoms with E-state index in [1.54, 1.807) is 11.3 Å². The molecule has 0 spiro atoms. The third-order valence-corrected chi connectivity index (χ3v) is 5.90. The minimum Gasteiger partial charge on any atom is -0.353 e. The zero-order valence-corrected chi connectivity index (χ0v) is 18.0. The third kappa shape index (κ3) is 6.39. The molecule has 0 saturated carbocycles. The van der Waals surface area contributed by atoms with Crippen LogP contribution < -0.4 is 10.6 Å². The van der Waals surface area contributed by atoms with Crippen LogP contribution in [-0.4, -0.2) is 66.9 Å². The van der Waals surface area contributed by atoms with Crippen molar-refractivity contribution in [2.24, 2.45) is 0 Å². The van der Waals surface area contributed by atoms with Crippen molar-refractivity contribution in [3.63, 3.8) is 0 Å². The molecule has 0 unspecified atom stereocenters. The van der Waals surface area contributed by atoms with Crippen LogP contribution in [0.4, 0.5) is 0 Å². The van der Waals surface area contributed by atoms with Crippen LogP contribution in [0.1, 0.15) is 30.3 Å². The van der Waals surface area contributed by atoms with Crippen molar-refractivity contribution < 1.29 is 9.59 Å². The number of hydrogen-bond donors (Lipinski definition) is 2. The fourth-order valence-electron chi connectivity index (χ4n) is 3.51. The molecule has 1 atom stereocenters. The lowest BCUT2D eigenvalue weighted by Gasteiger charge is -2.34. The quantitative estimate of drug-likeness (QED) is 0.694. The van der Waals surface area contributed by atoms with E-state index in [9.17, 15) is 9.59 Å². The molecule has 0 aliphatic carbocycles. The van der Waals surface area contributed by atoms with E-state index in [-0.39, 0.29) is 23.9 Å². The van der Waals surface area contributed by atoms with Crippen molar-refractivity contribution in [3.8, 4) is 0 Å². The minimum atomic E-state index is 0.0150. The van der Waals surface area contributed by atoms with Crippen LogP contribution in [0, 0.1) is 0 Å². The standard InChI is InChI=1S/C22H30N4O2S/c1-17(2)24-20(27)16-25-10-12-26(13-11-25)21(28)15-23-22(19-9-6-14-29-19)18-7-4-3-5-8-18/h3-9,14,17,22-23H,10-13,15-16H2,1-2H3,(H,24,27)/t22-/m0/s1. The van der Waals surface area contributed by atoms with Gasteiger partial charge in [-0.25, -0.2) is 0 Å². The number of nitrogens with one attached hydrogen (secondary N) is 2. The number of rotatable bonds is 8. The largest absolute Gasteiger partial charge is 0.353 e. The van der Waals surface area contributed by atoms with E-state index in [2.05, 4.69) is 39.1 Å². The summed E-state index contributed by atoms with van der Waals surface area (Å²) in [6.45, 7) is 7.38. The molecule has 156 valence electrons. The van der Waals surface area contributed by atoms with E-state index in [0.717, 1.165) is 18.7 Å². The van der Waals surface area contributed by atoms with Crippen molar-refractivity contribution >= 4 is 23.2 Å². The second-order valence-electron chi connectivity index (χ2n) is 7.62. The van der Waals surface area contributed by atoms with Crippen LogP contribution in [0.15, 0.2) is 47.8 Å². The van der Waals surface area contributed by atoms with E-state index >= 15 is 0 Å². The van der Waals surface area contributed by atoms with Gasteiger partial charge in [0, 0.05) is 37.1 Å². The molecule has 6 nitrogen and oxygen atoms in total. The molecular formula is C22H30N4O2S. The molecule has 2 aromatic rings. The summed E-state index contributed by atoms with van der Waals surface area (Å²) in [7, 11) is 0. The monoisotopic (exact) mass is 414 g/mol. The summed E-state index contributed by atoms with van der Waals surface area (Å²) >= 11 is 1.69. The lowest BCUT2D eigenvalue weighted by Crippen LogP contribution is -2.53. The van der Waals surface area contributed by atoms with Crippen molar-refractivity contribution in [3.05, 3.63) is 58.3 Å². The molecule has 3 rings (SSSR count). The number of thiophene rings is 1. The van der Waals surface area contributed by atoms with E-state index in [1.807, 2.05) is 43.0 Å². The second-order valence-corrected chi connectivity index (χ2v) is 8.60. The number of carbonyl (C=O) groups is 2. The predicted octanol–water partition coefficient (Wildman–Crippen LogP) is 2.10. The Morgan fingerprint density at radius 1 is 1.03 bits per heavy atom. The Bertz CT molecular complexity index is 771. The maximum atomic E-state index is 12.7. The topological polar surface area (TPSA) is 64.7 Å². The van der Waals surface area contributed by atoms with Crippen molar-refractivity contribution in [2.75, 3.05) is 39.3 Å². The van der Waals surface area contributed by atoms with Crippen molar-refractivity contribution in [2.45, 2.75) is 25.9 Å². The summed E-state index contributed by atoms with van der Waals surface area (Å²) in [5, 5.41) is 8.42. The smallest absolute Gasteiger partial charge is 0.236 e. The Morgan fingerprint density at radius 2 is 1.76 bits per heavy atom. The molecule has 0 bridgehead atoms. The summed E-state index contributed by atoms with van der Waals surface area (Å²) in [5.74, 6) is 0.150. The molecule has 1 aliphatic rings. The molecule has 1 aromatic carbocycles. The van der Waals surface area contributed by atoms with E-state index in [4.69, 9.17) is 0 Å². The zero-order chi connectivity index (χ0) is 20.6. The fraction of sp³-hybridized carbons (Fsp3) is 0.455. The SMILES string of the molecule is CC(C)NC(=O)CN1CCN(C(=O)CN[C@@H](c2ccccc2)c2cccs2)CC1. The van der Waals surface area contributed by atoms with Crippen LogP contribution in [0.5, 0.6) is 0 Å². The lowest BCUT2D eigenvalue weighted by molar-refractivity contribution is -0.132. The first kappa shape index (κ1) is 21.5. The first-order valence-corrected chi connectivity index (χ1v) is 11.0. The maximum absolute atomic E-state index is 12.7. The van der Waals surface area contributed by atoms with Gasteiger partial charge in [-0.1, -0.05) is 36.4 Å². The van der Waals surface area contributed by atoms with Gasteiger partial charge in [-0.3, -0.25) is 19.8 Å². The average molecular weight is 415 g/mol. The van der Waals surface area contributed by atoms with Crippen molar-refractivity contribution in [1.82, 2.24) is 20.4 Å². The molecule has 1 aliphatic heterocycles. The Morgan fingerprint density at radius 3 is 2.38 bits per heavy atom. The van der Waals surface area contributed by atoms with Gasteiger partial charge in [-0.2, -0.15) is 0 Å². The summed E-state index contributed by atoms with van der Waals surface area (Å²) in [4.78, 5) is 29.9. The summed E-state index contributed by atoms with van der Waals surface area (Å²) in [6, 6.07) is 14.5. The summed E-state index contributed by atoms with van der Waals surface area (Å²) in [6.07, 6.45) is 0. The average Bonchev–Trinajstić information content (AvgIpc) is 3.23. The van der Waals surface area contributed by atoms with Gasteiger partial charge < -0.3 is 10.2 Å². The summed E-state index contributed by atoms with van der Waals surface area (Å²) < 4.78 is 0.